The molecule has 0 unspecified atom stereocenters. The van der Waals surface area contributed by atoms with Gasteiger partial charge < -0.3 is 4.57 Å². The van der Waals surface area contributed by atoms with Gasteiger partial charge in [0.2, 0.25) is 0 Å². The lowest BCUT2D eigenvalue weighted by Crippen LogP contribution is -2.14. The van der Waals surface area contributed by atoms with Crippen molar-refractivity contribution in [3.63, 3.8) is 0 Å². The summed E-state index contributed by atoms with van der Waals surface area (Å²) < 4.78 is 2.49. The maximum atomic E-state index is 2.49. The average Bonchev–Trinajstić information content (AvgIpc) is 3.55. The number of hydrogen-bond acceptors (Lipinski definition) is 0. The minimum Gasteiger partial charge on any atom is -0.309 e. The highest BCUT2D eigenvalue weighted by Gasteiger charge is 2.36. The van der Waals surface area contributed by atoms with Crippen LogP contribution in [0.4, 0.5) is 0 Å². The van der Waals surface area contributed by atoms with Gasteiger partial charge in [0.05, 0.1) is 11.0 Å². The van der Waals surface area contributed by atoms with Crippen LogP contribution in [-0.4, -0.2) is 4.57 Å². The van der Waals surface area contributed by atoms with Crippen molar-refractivity contribution in [2.75, 3.05) is 0 Å². The molecule has 1 heterocycles. The van der Waals surface area contributed by atoms with Crippen LogP contribution in [0.1, 0.15) is 25.0 Å². The van der Waals surface area contributed by atoms with Gasteiger partial charge in [0.15, 0.2) is 0 Å². The third kappa shape index (κ3) is 3.40. The molecular weight excluding hydrogens is 555 g/mol. The van der Waals surface area contributed by atoms with Gasteiger partial charge in [-0.15, -0.1) is 0 Å². The zero-order valence-corrected chi connectivity index (χ0v) is 25.9. The van der Waals surface area contributed by atoms with Crippen molar-refractivity contribution >= 4 is 54.1 Å². The second-order valence-electron chi connectivity index (χ2n) is 13.3. The Labute approximate surface area is 268 Å². The molecule has 0 saturated heterocycles. The van der Waals surface area contributed by atoms with Gasteiger partial charge >= 0.3 is 0 Å². The van der Waals surface area contributed by atoms with E-state index in [-0.39, 0.29) is 5.41 Å². The van der Waals surface area contributed by atoms with Gasteiger partial charge in [0.1, 0.15) is 0 Å². The second-order valence-corrected chi connectivity index (χ2v) is 13.3. The van der Waals surface area contributed by atoms with E-state index >= 15 is 0 Å². The minimum atomic E-state index is -0.0618. The second kappa shape index (κ2) is 9.19. The van der Waals surface area contributed by atoms with Crippen LogP contribution in [0.3, 0.4) is 0 Å². The molecule has 0 amide bonds. The number of benzene rings is 8. The zero-order valence-electron chi connectivity index (χ0n) is 25.9. The van der Waals surface area contributed by atoms with E-state index in [0.29, 0.717) is 0 Å². The predicted molar refractivity (Wildman–Crippen MR) is 196 cm³/mol. The number of rotatable bonds is 2. The number of aromatic nitrogens is 1. The molecule has 0 fully saturated rings. The fraction of sp³-hybridized carbons (Fsp3) is 0.0667. The molecule has 46 heavy (non-hydrogen) atoms. The topological polar surface area (TPSA) is 4.93 Å². The van der Waals surface area contributed by atoms with E-state index in [1.807, 2.05) is 0 Å². The molecule has 0 saturated carbocycles. The van der Waals surface area contributed by atoms with Gasteiger partial charge in [0, 0.05) is 21.9 Å². The normalized spacial score (nSPS) is 13.6. The molecule has 1 heteroatoms. The Morgan fingerprint density at radius 3 is 1.80 bits per heavy atom. The molecular formula is C45H31N. The van der Waals surface area contributed by atoms with E-state index in [0.717, 1.165) is 0 Å². The first-order chi connectivity index (χ1) is 22.6. The van der Waals surface area contributed by atoms with Gasteiger partial charge in [0.25, 0.3) is 0 Å². The van der Waals surface area contributed by atoms with Gasteiger partial charge in [-0.3, -0.25) is 0 Å². The smallest absolute Gasteiger partial charge is 0.0544 e. The summed E-state index contributed by atoms with van der Waals surface area (Å²) in [6, 6.07) is 56.4. The molecule has 0 bridgehead atoms. The monoisotopic (exact) mass is 585 g/mol. The minimum absolute atomic E-state index is 0.0618. The standard InChI is InChI=1S/C45H31N/c1-45(2)41-18-10-8-16-35(41)39-26-40-36-17-9-11-19-43(36)46(44(40)27-42(39)45)30-21-23-34-32-15-7-6-14-31(32)33-22-20-29(24-37(33)38(34)25-30)28-12-4-3-5-13-28/h3-27H,1-2H3. The molecule has 8 aromatic carbocycles. The summed E-state index contributed by atoms with van der Waals surface area (Å²) >= 11 is 0. The number of nitrogens with zero attached hydrogens (tertiary/aromatic N) is 1. The Balaban J connectivity index is 1.30. The Hall–Kier alpha value is -5.66. The summed E-state index contributed by atoms with van der Waals surface area (Å²) in [4.78, 5) is 0. The lowest BCUT2D eigenvalue weighted by molar-refractivity contribution is 0.661. The fourth-order valence-corrected chi connectivity index (χ4v) is 8.34. The van der Waals surface area contributed by atoms with Crippen molar-refractivity contribution in [2.45, 2.75) is 19.3 Å². The highest BCUT2D eigenvalue weighted by atomic mass is 15.0. The summed E-state index contributed by atoms with van der Waals surface area (Å²) in [5, 5.41) is 10.3. The van der Waals surface area contributed by atoms with Crippen molar-refractivity contribution in [3.8, 4) is 27.9 Å². The Kier molecular flexibility index (Phi) is 5.12. The molecule has 10 rings (SSSR count). The van der Waals surface area contributed by atoms with Crippen LogP contribution in [-0.2, 0) is 5.41 Å². The largest absolute Gasteiger partial charge is 0.309 e. The Morgan fingerprint density at radius 2 is 1.00 bits per heavy atom. The number of fused-ring (bicyclic) bond motifs is 12. The zero-order chi connectivity index (χ0) is 30.6. The SMILES string of the molecule is CC1(C)c2ccccc2-c2cc3c4ccccc4n(-c4ccc5c6ccccc6c6ccc(-c7ccccc7)cc6c5c4)c3cc21. The van der Waals surface area contributed by atoms with E-state index in [4.69, 9.17) is 0 Å². The van der Waals surface area contributed by atoms with Crippen LogP contribution in [0.2, 0.25) is 0 Å². The maximum Gasteiger partial charge on any atom is 0.0544 e. The average molecular weight is 586 g/mol. The van der Waals surface area contributed by atoms with E-state index in [1.165, 1.54) is 93.2 Å². The van der Waals surface area contributed by atoms with Gasteiger partial charge in [-0.1, -0.05) is 129 Å². The first-order valence-corrected chi connectivity index (χ1v) is 16.2. The van der Waals surface area contributed by atoms with Crippen LogP contribution >= 0.6 is 0 Å². The van der Waals surface area contributed by atoms with Crippen LogP contribution in [0.15, 0.2) is 152 Å². The van der Waals surface area contributed by atoms with E-state index < -0.39 is 0 Å². The molecule has 0 atom stereocenters. The first kappa shape index (κ1) is 25.6. The lowest BCUT2D eigenvalue weighted by atomic mass is 9.82. The molecule has 216 valence electrons. The molecule has 1 aliphatic carbocycles. The lowest BCUT2D eigenvalue weighted by Gasteiger charge is -2.21. The van der Waals surface area contributed by atoms with Crippen molar-refractivity contribution < 1.29 is 0 Å². The van der Waals surface area contributed by atoms with Crippen LogP contribution in [0.25, 0.3) is 82.1 Å². The summed E-state index contributed by atoms with van der Waals surface area (Å²) in [5.74, 6) is 0. The predicted octanol–water partition coefficient (Wildman–Crippen LogP) is 12.2. The highest BCUT2D eigenvalue weighted by molar-refractivity contribution is 6.26. The first-order valence-electron chi connectivity index (χ1n) is 16.2. The van der Waals surface area contributed by atoms with E-state index in [1.54, 1.807) is 0 Å². The van der Waals surface area contributed by atoms with E-state index in [2.05, 4.69) is 170 Å². The molecule has 9 aromatic rings. The van der Waals surface area contributed by atoms with Gasteiger partial charge in [-0.05, 0) is 102 Å². The van der Waals surface area contributed by atoms with Gasteiger partial charge in [-0.2, -0.15) is 0 Å². The molecule has 1 aromatic heterocycles. The Bertz CT molecular complexity index is 2710. The number of para-hydroxylation sites is 1. The third-order valence-electron chi connectivity index (χ3n) is 10.6. The third-order valence-corrected chi connectivity index (χ3v) is 10.6. The van der Waals surface area contributed by atoms with Crippen molar-refractivity contribution in [2.24, 2.45) is 0 Å². The van der Waals surface area contributed by atoms with Gasteiger partial charge in [-0.25, -0.2) is 0 Å². The molecule has 1 aliphatic rings. The summed E-state index contributed by atoms with van der Waals surface area (Å²) in [5.41, 5.74) is 11.6. The molecule has 0 spiro atoms. The maximum absolute atomic E-state index is 2.49. The number of hydrogen-bond donors (Lipinski definition) is 0. The molecule has 0 radical (unpaired) electrons. The van der Waals surface area contributed by atoms with Crippen LogP contribution in [0.5, 0.6) is 0 Å². The summed E-state index contributed by atoms with van der Waals surface area (Å²) in [7, 11) is 0. The summed E-state index contributed by atoms with van der Waals surface area (Å²) in [6.45, 7) is 4.74. The fourth-order valence-electron chi connectivity index (χ4n) is 8.34. The van der Waals surface area contributed by atoms with Crippen molar-refractivity contribution in [1.82, 2.24) is 4.57 Å². The van der Waals surface area contributed by atoms with Crippen molar-refractivity contribution in [1.29, 1.82) is 0 Å². The van der Waals surface area contributed by atoms with Crippen LogP contribution < -0.4 is 0 Å². The molecule has 0 N–H and O–H groups in total. The Morgan fingerprint density at radius 1 is 0.370 bits per heavy atom. The van der Waals surface area contributed by atoms with Crippen molar-refractivity contribution in [3.05, 3.63) is 163 Å². The highest BCUT2D eigenvalue weighted by Crippen LogP contribution is 2.51. The molecule has 0 aliphatic heterocycles. The van der Waals surface area contributed by atoms with E-state index in [9.17, 15) is 0 Å². The quantitative estimate of drug-likeness (QED) is 0.178. The van der Waals surface area contributed by atoms with Crippen LogP contribution in [0, 0.1) is 0 Å². The summed E-state index contributed by atoms with van der Waals surface area (Å²) in [6.07, 6.45) is 0. The molecule has 1 nitrogen and oxygen atoms in total.